The summed E-state index contributed by atoms with van der Waals surface area (Å²) in [5.74, 6) is -0.504. The molecule has 0 unspecified atom stereocenters. The topological polar surface area (TPSA) is 87.7 Å². The molecule has 1 fully saturated rings. The number of hydrogen-bond donors (Lipinski definition) is 2. The van der Waals surface area contributed by atoms with Crippen LogP contribution < -0.4 is 20.3 Å². The maximum Gasteiger partial charge on any atom is 0.229 e. The largest absolute Gasteiger partial charge is 0.495 e. The van der Waals surface area contributed by atoms with Crippen LogP contribution >= 0.6 is 11.8 Å². The van der Waals surface area contributed by atoms with E-state index in [1.807, 2.05) is 30.5 Å². The first-order valence-corrected chi connectivity index (χ1v) is 10.3. The number of nitrogens with one attached hydrogen (secondary N) is 2. The van der Waals surface area contributed by atoms with Gasteiger partial charge in [0.1, 0.15) is 5.75 Å². The molecule has 0 radical (unpaired) electrons. The molecule has 0 spiro atoms. The molecule has 29 heavy (non-hydrogen) atoms. The van der Waals surface area contributed by atoms with E-state index in [-0.39, 0.29) is 24.1 Å². The minimum Gasteiger partial charge on any atom is -0.495 e. The Morgan fingerprint density at radius 1 is 1.14 bits per heavy atom. The lowest BCUT2D eigenvalue weighted by atomic mass is 10.1. The maximum atomic E-state index is 12.7. The van der Waals surface area contributed by atoms with E-state index >= 15 is 0 Å². The molecular formula is C21H23N3O4S. The normalized spacial score (nSPS) is 15.9. The van der Waals surface area contributed by atoms with Crippen molar-refractivity contribution in [1.82, 2.24) is 0 Å². The smallest absolute Gasteiger partial charge is 0.229 e. The Kier molecular flexibility index (Phi) is 6.43. The van der Waals surface area contributed by atoms with Gasteiger partial charge in [-0.3, -0.25) is 14.4 Å². The molecular weight excluding hydrogens is 390 g/mol. The molecule has 2 aromatic rings. The molecule has 1 saturated heterocycles. The zero-order valence-corrected chi connectivity index (χ0v) is 17.3. The predicted octanol–water partition coefficient (Wildman–Crippen LogP) is 3.37. The zero-order valence-electron chi connectivity index (χ0n) is 16.5. The van der Waals surface area contributed by atoms with Gasteiger partial charge in [-0.15, -0.1) is 11.8 Å². The summed E-state index contributed by atoms with van der Waals surface area (Å²) in [4.78, 5) is 39.3. The molecule has 0 bridgehead atoms. The summed E-state index contributed by atoms with van der Waals surface area (Å²) in [7, 11) is 1.50. The van der Waals surface area contributed by atoms with Crippen molar-refractivity contribution in [3.8, 4) is 5.75 Å². The standard InChI is InChI=1S/C21H23N3O4S/c1-13(25)22-18-11-15(4-9-19(18)28-2)23-21(27)14-10-20(26)24(12-14)16-5-7-17(29-3)8-6-16/h4-9,11,14H,10,12H2,1-3H3,(H,22,25)(H,23,27)/t14-/m0/s1. The Bertz CT molecular complexity index is 930. The Hall–Kier alpha value is -3.00. The van der Waals surface area contributed by atoms with Crippen LogP contribution in [0.1, 0.15) is 13.3 Å². The van der Waals surface area contributed by atoms with E-state index in [0.29, 0.717) is 23.7 Å². The summed E-state index contributed by atoms with van der Waals surface area (Å²) in [6.07, 6.45) is 2.15. The fourth-order valence-electron chi connectivity index (χ4n) is 3.21. The van der Waals surface area contributed by atoms with Gasteiger partial charge in [-0.1, -0.05) is 0 Å². The number of thioether (sulfide) groups is 1. The van der Waals surface area contributed by atoms with E-state index in [1.54, 1.807) is 34.9 Å². The number of carbonyl (C=O) groups excluding carboxylic acids is 3. The van der Waals surface area contributed by atoms with Crippen LogP contribution in [0.2, 0.25) is 0 Å². The van der Waals surface area contributed by atoms with Gasteiger partial charge >= 0.3 is 0 Å². The van der Waals surface area contributed by atoms with Crippen LogP contribution in [0.15, 0.2) is 47.4 Å². The minimum atomic E-state index is -0.450. The van der Waals surface area contributed by atoms with Crippen molar-refractivity contribution in [2.45, 2.75) is 18.2 Å². The third-order valence-electron chi connectivity index (χ3n) is 4.66. The van der Waals surface area contributed by atoms with Gasteiger partial charge in [-0.2, -0.15) is 0 Å². The minimum absolute atomic E-state index is 0.0734. The van der Waals surface area contributed by atoms with E-state index in [0.717, 1.165) is 10.6 Å². The van der Waals surface area contributed by atoms with E-state index in [9.17, 15) is 14.4 Å². The monoisotopic (exact) mass is 413 g/mol. The molecule has 2 aromatic carbocycles. The summed E-state index contributed by atoms with van der Waals surface area (Å²) >= 11 is 1.63. The molecule has 0 saturated carbocycles. The van der Waals surface area contributed by atoms with Crippen molar-refractivity contribution < 1.29 is 19.1 Å². The summed E-state index contributed by atoms with van der Waals surface area (Å²) in [6.45, 7) is 1.73. The van der Waals surface area contributed by atoms with Gasteiger partial charge in [0.05, 0.1) is 18.7 Å². The predicted molar refractivity (Wildman–Crippen MR) is 115 cm³/mol. The summed E-state index contributed by atoms with van der Waals surface area (Å²) in [6, 6.07) is 12.7. The highest BCUT2D eigenvalue weighted by molar-refractivity contribution is 7.98. The van der Waals surface area contributed by atoms with Gasteiger partial charge in [-0.25, -0.2) is 0 Å². The van der Waals surface area contributed by atoms with Crippen molar-refractivity contribution in [2.24, 2.45) is 5.92 Å². The molecule has 152 valence electrons. The van der Waals surface area contributed by atoms with E-state index in [2.05, 4.69) is 10.6 Å². The fraction of sp³-hybridized carbons (Fsp3) is 0.286. The number of rotatable bonds is 6. The van der Waals surface area contributed by atoms with Crippen LogP contribution in [0.5, 0.6) is 5.75 Å². The van der Waals surface area contributed by atoms with Crippen molar-refractivity contribution in [1.29, 1.82) is 0 Å². The number of ether oxygens (including phenoxy) is 1. The van der Waals surface area contributed by atoms with Crippen molar-refractivity contribution in [2.75, 3.05) is 35.4 Å². The summed E-state index contributed by atoms with van der Waals surface area (Å²) in [5, 5.41) is 5.50. The molecule has 2 N–H and O–H groups in total. The SMILES string of the molecule is COc1ccc(NC(=O)[C@H]2CC(=O)N(c3ccc(SC)cc3)C2)cc1NC(C)=O. The Balaban J connectivity index is 1.69. The lowest BCUT2D eigenvalue weighted by molar-refractivity contribution is -0.122. The van der Waals surface area contributed by atoms with Crippen LogP contribution in [0.4, 0.5) is 17.1 Å². The highest BCUT2D eigenvalue weighted by Gasteiger charge is 2.35. The third-order valence-corrected chi connectivity index (χ3v) is 5.40. The first-order chi connectivity index (χ1) is 13.9. The molecule has 8 heteroatoms. The highest BCUT2D eigenvalue weighted by Crippen LogP contribution is 2.30. The van der Waals surface area contributed by atoms with Crippen LogP contribution in [-0.2, 0) is 14.4 Å². The van der Waals surface area contributed by atoms with Crippen molar-refractivity contribution in [3.05, 3.63) is 42.5 Å². The first kappa shape index (κ1) is 20.7. The van der Waals surface area contributed by atoms with Crippen LogP contribution in [0.25, 0.3) is 0 Å². The van der Waals surface area contributed by atoms with Crippen molar-refractivity contribution >= 4 is 46.5 Å². The Morgan fingerprint density at radius 3 is 2.48 bits per heavy atom. The number of nitrogens with zero attached hydrogens (tertiary/aromatic N) is 1. The fourth-order valence-corrected chi connectivity index (χ4v) is 3.62. The van der Waals surface area contributed by atoms with Crippen molar-refractivity contribution in [3.63, 3.8) is 0 Å². The van der Waals surface area contributed by atoms with Crippen LogP contribution in [0, 0.1) is 5.92 Å². The van der Waals surface area contributed by atoms with E-state index in [1.165, 1.54) is 14.0 Å². The van der Waals surface area contributed by atoms with Crippen LogP contribution in [0.3, 0.4) is 0 Å². The number of benzene rings is 2. The zero-order chi connectivity index (χ0) is 21.0. The van der Waals surface area contributed by atoms with Gasteiger partial charge in [0.15, 0.2) is 0 Å². The quantitative estimate of drug-likeness (QED) is 0.709. The second-order valence-electron chi connectivity index (χ2n) is 6.69. The van der Waals surface area contributed by atoms with Gasteiger partial charge < -0.3 is 20.3 Å². The molecule has 3 rings (SSSR count). The molecule has 7 nitrogen and oxygen atoms in total. The molecule has 0 aliphatic carbocycles. The molecule has 3 amide bonds. The van der Waals surface area contributed by atoms with Gasteiger partial charge in [0.25, 0.3) is 0 Å². The number of hydrogen-bond acceptors (Lipinski definition) is 5. The molecule has 1 aliphatic heterocycles. The average Bonchev–Trinajstić information content (AvgIpc) is 3.09. The van der Waals surface area contributed by atoms with Crippen LogP contribution in [-0.4, -0.2) is 37.6 Å². The molecule has 1 atom stereocenters. The number of anilines is 3. The second kappa shape index (κ2) is 9.00. The lowest BCUT2D eigenvalue weighted by Gasteiger charge is -2.17. The third kappa shape index (κ3) is 4.89. The van der Waals surface area contributed by atoms with E-state index in [4.69, 9.17) is 4.74 Å². The summed E-state index contributed by atoms with van der Waals surface area (Å²) < 4.78 is 5.22. The summed E-state index contributed by atoms with van der Waals surface area (Å²) in [5.41, 5.74) is 1.78. The van der Waals surface area contributed by atoms with Gasteiger partial charge in [0, 0.05) is 36.2 Å². The number of methoxy groups -OCH3 is 1. The number of carbonyl (C=O) groups is 3. The highest BCUT2D eigenvalue weighted by atomic mass is 32.2. The Morgan fingerprint density at radius 2 is 1.86 bits per heavy atom. The van der Waals surface area contributed by atoms with Gasteiger partial charge in [-0.05, 0) is 48.7 Å². The first-order valence-electron chi connectivity index (χ1n) is 9.12. The Labute approximate surface area is 173 Å². The van der Waals surface area contributed by atoms with E-state index < -0.39 is 5.92 Å². The lowest BCUT2D eigenvalue weighted by Crippen LogP contribution is -2.28. The molecule has 1 aliphatic rings. The molecule has 1 heterocycles. The molecule has 0 aromatic heterocycles. The maximum absolute atomic E-state index is 12.7. The number of amides is 3. The second-order valence-corrected chi connectivity index (χ2v) is 7.57. The average molecular weight is 413 g/mol. The van der Waals surface area contributed by atoms with Gasteiger partial charge in [0.2, 0.25) is 17.7 Å².